The van der Waals surface area contributed by atoms with Crippen LogP contribution in [0.2, 0.25) is 0 Å². The minimum Gasteiger partial charge on any atom is -0.460 e. The van der Waals surface area contributed by atoms with Crippen molar-refractivity contribution in [2.45, 2.75) is 32.8 Å². The molecule has 90 valence electrons. The second-order valence-corrected chi connectivity index (χ2v) is 5.78. The van der Waals surface area contributed by atoms with E-state index in [1.54, 1.807) is 11.3 Å². The van der Waals surface area contributed by atoms with E-state index >= 15 is 0 Å². The molecular weight excluding hydrogens is 222 g/mol. The van der Waals surface area contributed by atoms with Gasteiger partial charge >= 0.3 is 5.97 Å². The predicted molar refractivity (Wildman–Crippen MR) is 66.4 cm³/mol. The van der Waals surface area contributed by atoms with Crippen LogP contribution in [0.5, 0.6) is 0 Å². The third kappa shape index (κ3) is 4.33. The first kappa shape index (κ1) is 13.2. The van der Waals surface area contributed by atoms with Gasteiger partial charge in [-0.2, -0.15) is 0 Å². The van der Waals surface area contributed by atoms with Crippen LogP contribution in [0.3, 0.4) is 0 Å². The highest BCUT2D eigenvalue weighted by molar-refractivity contribution is 7.09. The Morgan fingerprint density at radius 1 is 1.56 bits per heavy atom. The van der Waals surface area contributed by atoms with E-state index in [4.69, 9.17) is 10.5 Å². The highest BCUT2D eigenvalue weighted by atomic mass is 32.1. The molecule has 1 heterocycles. The van der Waals surface area contributed by atoms with Crippen LogP contribution in [-0.2, 0) is 16.0 Å². The lowest BCUT2D eigenvalue weighted by Gasteiger charge is -2.23. The molecule has 1 aromatic heterocycles. The van der Waals surface area contributed by atoms with Crippen LogP contribution in [0.15, 0.2) is 17.5 Å². The number of thiophene rings is 1. The Bertz CT molecular complexity index is 327. The fourth-order valence-electron chi connectivity index (χ4n) is 1.32. The van der Waals surface area contributed by atoms with Gasteiger partial charge in [-0.3, -0.25) is 4.79 Å². The topological polar surface area (TPSA) is 52.3 Å². The fourth-order valence-corrected chi connectivity index (χ4v) is 2.11. The molecule has 0 spiro atoms. The molecule has 0 saturated carbocycles. The molecule has 3 nitrogen and oxygen atoms in total. The van der Waals surface area contributed by atoms with Gasteiger partial charge in [0.2, 0.25) is 0 Å². The summed E-state index contributed by atoms with van der Waals surface area (Å²) in [4.78, 5) is 13.0. The monoisotopic (exact) mass is 241 g/mol. The number of hydrogen-bond acceptors (Lipinski definition) is 4. The zero-order valence-electron chi connectivity index (χ0n) is 10.0. The first-order valence-electron chi connectivity index (χ1n) is 5.37. The summed E-state index contributed by atoms with van der Waals surface area (Å²) in [6.07, 6.45) is 0.670. The molecule has 1 aromatic rings. The lowest BCUT2D eigenvalue weighted by Crippen LogP contribution is -2.33. The van der Waals surface area contributed by atoms with E-state index in [-0.39, 0.29) is 11.9 Å². The maximum absolute atomic E-state index is 11.8. The SMILES string of the molecule is CC(C)(C)OC(=O)C(CN)Cc1cccs1. The maximum Gasteiger partial charge on any atom is 0.311 e. The summed E-state index contributed by atoms with van der Waals surface area (Å²) in [6, 6.07) is 3.99. The van der Waals surface area contributed by atoms with Crippen LogP contribution >= 0.6 is 11.3 Å². The average Bonchev–Trinajstić information content (AvgIpc) is 2.63. The molecule has 1 unspecified atom stereocenters. The number of esters is 1. The molecule has 0 amide bonds. The van der Waals surface area contributed by atoms with E-state index in [9.17, 15) is 4.79 Å². The highest BCUT2D eigenvalue weighted by Crippen LogP contribution is 2.17. The van der Waals surface area contributed by atoms with Gasteiger partial charge in [0.05, 0.1) is 5.92 Å². The minimum absolute atomic E-state index is 0.205. The number of rotatable bonds is 4. The molecule has 0 aromatic carbocycles. The Morgan fingerprint density at radius 2 is 2.25 bits per heavy atom. The highest BCUT2D eigenvalue weighted by Gasteiger charge is 2.24. The normalized spacial score (nSPS) is 13.5. The van der Waals surface area contributed by atoms with Gasteiger partial charge in [0.15, 0.2) is 0 Å². The Morgan fingerprint density at radius 3 is 2.69 bits per heavy atom. The zero-order chi connectivity index (χ0) is 12.2. The molecule has 0 radical (unpaired) electrons. The van der Waals surface area contributed by atoms with E-state index in [0.717, 1.165) is 0 Å². The second kappa shape index (κ2) is 5.46. The van der Waals surface area contributed by atoms with Crippen LogP contribution in [0, 0.1) is 5.92 Å². The van der Waals surface area contributed by atoms with Crippen LogP contribution in [0.25, 0.3) is 0 Å². The number of nitrogens with two attached hydrogens (primary N) is 1. The van der Waals surface area contributed by atoms with E-state index in [0.29, 0.717) is 13.0 Å². The Kier molecular flexibility index (Phi) is 4.50. The van der Waals surface area contributed by atoms with E-state index in [2.05, 4.69) is 0 Å². The molecule has 0 aliphatic carbocycles. The van der Waals surface area contributed by atoms with Crippen LogP contribution < -0.4 is 5.73 Å². The molecule has 4 heteroatoms. The van der Waals surface area contributed by atoms with Gasteiger partial charge < -0.3 is 10.5 Å². The maximum atomic E-state index is 11.8. The lowest BCUT2D eigenvalue weighted by molar-refractivity contribution is -0.159. The van der Waals surface area contributed by atoms with E-state index < -0.39 is 5.60 Å². The third-order valence-corrected chi connectivity index (χ3v) is 2.95. The minimum atomic E-state index is -0.444. The van der Waals surface area contributed by atoms with Crippen LogP contribution in [-0.4, -0.2) is 18.1 Å². The standard InChI is InChI=1S/C12H19NO2S/c1-12(2,3)15-11(14)9(8-13)7-10-5-4-6-16-10/h4-6,9H,7-8,13H2,1-3H3. The third-order valence-electron chi connectivity index (χ3n) is 2.05. The van der Waals surface area contributed by atoms with E-state index in [1.165, 1.54) is 4.88 Å². The Labute approximate surface area is 101 Å². The molecule has 1 atom stereocenters. The van der Waals surface area contributed by atoms with Gasteiger partial charge in [-0.05, 0) is 38.6 Å². The summed E-state index contributed by atoms with van der Waals surface area (Å²) in [7, 11) is 0. The van der Waals surface area contributed by atoms with Gasteiger partial charge in [0.1, 0.15) is 5.60 Å². The smallest absolute Gasteiger partial charge is 0.311 e. The van der Waals surface area contributed by atoms with Crippen molar-refractivity contribution in [1.82, 2.24) is 0 Å². The van der Waals surface area contributed by atoms with Crippen molar-refractivity contribution in [2.24, 2.45) is 11.7 Å². The second-order valence-electron chi connectivity index (χ2n) is 4.75. The van der Waals surface area contributed by atoms with Crippen LogP contribution in [0.1, 0.15) is 25.6 Å². The molecule has 1 rings (SSSR count). The van der Waals surface area contributed by atoms with Crippen molar-refractivity contribution in [3.8, 4) is 0 Å². The van der Waals surface area contributed by atoms with Gasteiger partial charge in [-0.1, -0.05) is 6.07 Å². The number of carbonyl (C=O) groups excluding carboxylic acids is 1. The van der Waals surface area contributed by atoms with Gasteiger partial charge in [0, 0.05) is 11.4 Å². The molecule has 0 bridgehead atoms. The first-order valence-corrected chi connectivity index (χ1v) is 6.25. The van der Waals surface area contributed by atoms with Crippen molar-refractivity contribution < 1.29 is 9.53 Å². The molecule has 0 aliphatic rings. The quantitative estimate of drug-likeness (QED) is 0.822. The van der Waals surface area contributed by atoms with Gasteiger partial charge in [0.25, 0.3) is 0 Å². The molecule has 0 fully saturated rings. The molecular formula is C12H19NO2S. The molecule has 0 saturated heterocycles. The molecule has 2 N–H and O–H groups in total. The number of hydrogen-bond donors (Lipinski definition) is 1. The summed E-state index contributed by atoms with van der Waals surface area (Å²) >= 11 is 1.64. The first-order chi connectivity index (χ1) is 7.42. The predicted octanol–water partition coefficient (Wildman–Crippen LogP) is 2.21. The summed E-state index contributed by atoms with van der Waals surface area (Å²) in [5.74, 6) is -0.443. The van der Waals surface area contributed by atoms with Gasteiger partial charge in [-0.25, -0.2) is 0 Å². The number of ether oxygens (including phenoxy) is 1. The summed E-state index contributed by atoms with van der Waals surface area (Å²) < 4.78 is 5.33. The van der Waals surface area contributed by atoms with Crippen molar-refractivity contribution in [3.05, 3.63) is 22.4 Å². The van der Waals surface area contributed by atoms with Crippen molar-refractivity contribution in [1.29, 1.82) is 0 Å². The van der Waals surface area contributed by atoms with E-state index in [1.807, 2.05) is 38.3 Å². The average molecular weight is 241 g/mol. The summed E-state index contributed by atoms with van der Waals surface area (Å²) in [5, 5.41) is 2.00. The van der Waals surface area contributed by atoms with Crippen LogP contribution in [0.4, 0.5) is 0 Å². The zero-order valence-corrected chi connectivity index (χ0v) is 10.8. The molecule has 0 aliphatic heterocycles. The molecule has 16 heavy (non-hydrogen) atoms. The van der Waals surface area contributed by atoms with Crippen molar-refractivity contribution in [2.75, 3.05) is 6.54 Å². The van der Waals surface area contributed by atoms with Crippen molar-refractivity contribution >= 4 is 17.3 Å². The largest absolute Gasteiger partial charge is 0.460 e. The Hall–Kier alpha value is -0.870. The Balaban J connectivity index is 2.57. The fraction of sp³-hybridized carbons (Fsp3) is 0.583. The van der Waals surface area contributed by atoms with Crippen molar-refractivity contribution in [3.63, 3.8) is 0 Å². The summed E-state index contributed by atoms with van der Waals surface area (Å²) in [6.45, 7) is 5.92. The van der Waals surface area contributed by atoms with Gasteiger partial charge in [-0.15, -0.1) is 11.3 Å². The lowest BCUT2D eigenvalue weighted by atomic mass is 10.0. The summed E-state index contributed by atoms with van der Waals surface area (Å²) in [5.41, 5.74) is 5.17. The number of carbonyl (C=O) groups is 1.